The first-order chi connectivity index (χ1) is 15.5. The van der Waals surface area contributed by atoms with Gasteiger partial charge in [-0.1, -0.05) is 11.6 Å². The van der Waals surface area contributed by atoms with Crippen LogP contribution in [0.5, 0.6) is 0 Å². The molecule has 0 aliphatic carbocycles. The second-order valence-corrected chi connectivity index (χ2v) is 8.18. The van der Waals surface area contributed by atoms with Gasteiger partial charge in [0.05, 0.1) is 10.7 Å². The summed E-state index contributed by atoms with van der Waals surface area (Å²) < 4.78 is 39.8. The van der Waals surface area contributed by atoms with Crippen LogP contribution in [0.4, 0.5) is 24.5 Å². The van der Waals surface area contributed by atoms with Gasteiger partial charge in [0.1, 0.15) is 0 Å². The van der Waals surface area contributed by atoms with E-state index >= 15 is 0 Å². The summed E-state index contributed by atoms with van der Waals surface area (Å²) in [5, 5.41) is 6.62. The number of hydrogen-bond donors (Lipinski definition) is 1. The predicted octanol–water partition coefficient (Wildman–Crippen LogP) is 4.11. The Morgan fingerprint density at radius 1 is 1.24 bits per heavy atom. The molecule has 1 aromatic carbocycles. The molecule has 0 unspecified atom stereocenters. The number of alkyl halides is 3. The van der Waals surface area contributed by atoms with Crippen molar-refractivity contribution in [2.75, 3.05) is 16.8 Å². The van der Waals surface area contributed by atoms with Crippen molar-refractivity contribution in [3.05, 3.63) is 46.0 Å². The van der Waals surface area contributed by atoms with Crippen LogP contribution in [0, 0.1) is 13.8 Å². The number of amides is 2. The van der Waals surface area contributed by atoms with Gasteiger partial charge in [-0.2, -0.15) is 18.2 Å². The minimum Gasteiger partial charge on any atom is -0.326 e. The maximum Gasteiger partial charge on any atom is 0.453 e. The molecule has 0 saturated carbocycles. The van der Waals surface area contributed by atoms with Gasteiger partial charge in [-0.25, -0.2) is 9.50 Å². The number of aryl methyl sites for hydroxylation is 2. The summed E-state index contributed by atoms with van der Waals surface area (Å²) in [4.78, 5) is 33.6. The number of fused-ring (bicyclic) bond motifs is 1. The highest BCUT2D eigenvalue weighted by atomic mass is 35.5. The Labute approximate surface area is 191 Å². The Balaban J connectivity index is 1.45. The van der Waals surface area contributed by atoms with E-state index in [9.17, 15) is 22.8 Å². The monoisotopic (exact) mass is 480 g/mol. The van der Waals surface area contributed by atoms with Crippen molar-refractivity contribution in [3.8, 4) is 0 Å². The lowest BCUT2D eigenvalue weighted by molar-refractivity contribution is -0.144. The molecule has 2 aromatic heterocycles. The quantitative estimate of drug-likeness (QED) is 0.593. The number of anilines is 2. The van der Waals surface area contributed by atoms with E-state index < -0.39 is 12.0 Å². The van der Waals surface area contributed by atoms with Gasteiger partial charge in [-0.15, -0.1) is 5.10 Å². The SMILES string of the molecule is Cc1nc2nc(C(F)(F)F)nn2c(C)c1CCC(=O)Nc1ccc(N2CCCC2=O)c(Cl)c1. The average Bonchev–Trinajstić information content (AvgIpc) is 3.34. The van der Waals surface area contributed by atoms with Crippen LogP contribution >= 0.6 is 11.6 Å². The van der Waals surface area contributed by atoms with Crippen molar-refractivity contribution in [1.82, 2.24) is 19.6 Å². The molecule has 4 rings (SSSR count). The Morgan fingerprint density at radius 2 is 2.00 bits per heavy atom. The zero-order valence-corrected chi connectivity index (χ0v) is 18.6. The maximum absolute atomic E-state index is 12.9. The minimum atomic E-state index is -4.67. The van der Waals surface area contributed by atoms with E-state index in [0.717, 1.165) is 10.9 Å². The summed E-state index contributed by atoms with van der Waals surface area (Å²) in [7, 11) is 0. The summed E-state index contributed by atoms with van der Waals surface area (Å²) in [6, 6.07) is 4.94. The van der Waals surface area contributed by atoms with Gasteiger partial charge < -0.3 is 10.2 Å². The molecule has 0 radical (unpaired) electrons. The Kier molecular flexibility index (Phi) is 6.00. The molecule has 1 N–H and O–H groups in total. The van der Waals surface area contributed by atoms with Crippen LogP contribution in [-0.4, -0.2) is 37.9 Å². The van der Waals surface area contributed by atoms with Gasteiger partial charge in [-0.3, -0.25) is 9.59 Å². The maximum atomic E-state index is 12.9. The van der Waals surface area contributed by atoms with Gasteiger partial charge >= 0.3 is 6.18 Å². The molecule has 33 heavy (non-hydrogen) atoms. The smallest absolute Gasteiger partial charge is 0.326 e. The third kappa shape index (κ3) is 4.63. The summed E-state index contributed by atoms with van der Waals surface area (Å²) >= 11 is 6.31. The molecule has 1 fully saturated rings. The Morgan fingerprint density at radius 3 is 2.64 bits per heavy atom. The second kappa shape index (κ2) is 8.62. The van der Waals surface area contributed by atoms with Crippen molar-refractivity contribution in [2.45, 2.75) is 45.7 Å². The normalized spacial score (nSPS) is 14.4. The van der Waals surface area contributed by atoms with Gasteiger partial charge in [0.2, 0.25) is 11.8 Å². The molecule has 1 aliphatic rings. The van der Waals surface area contributed by atoms with E-state index in [4.69, 9.17) is 11.6 Å². The molecule has 0 bridgehead atoms. The lowest BCUT2D eigenvalue weighted by Gasteiger charge is -2.18. The minimum absolute atomic E-state index is 0.0136. The first-order valence-corrected chi connectivity index (χ1v) is 10.6. The fourth-order valence-corrected chi connectivity index (χ4v) is 4.14. The topological polar surface area (TPSA) is 92.5 Å². The number of hydrogen-bond acceptors (Lipinski definition) is 5. The molecular weight excluding hydrogens is 461 g/mol. The highest BCUT2D eigenvalue weighted by Gasteiger charge is 2.37. The van der Waals surface area contributed by atoms with E-state index in [0.29, 0.717) is 46.3 Å². The number of nitrogens with zero attached hydrogens (tertiary/aromatic N) is 5. The van der Waals surface area contributed by atoms with Crippen molar-refractivity contribution in [3.63, 3.8) is 0 Å². The number of nitrogens with one attached hydrogen (secondary N) is 1. The number of aromatic nitrogens is 4. The average molecular weight is 481 g/mol. The molecule has 2 amide bonds. The van der Waals surface area contributed by atoms with E-state index in [2.05, 4.69) is 20.4 Å². The molecule has 0 spiro atoms. The summed E-state index contributed by atoms with van der Waals surface area (Å²) in [6.07, 6.45) is -3.09. The number of rotatable bonds is 5. The fraction of sp³-hybridized carbons (Fsp3) is 0.381. The van der Waals surface area contributed by atoms with Gasteiger partial charge in [0, 0.05) is 36.5 Å². The molecule has 3 heterocycles. The van der Waals surface area contributed by atoms with Crippen LogP contribution in [0.1, 0.15) is 42.0 Å². The summed E-state index contributed by atoms with van der Waals surface area (Å²) in [5.41, 5.74) is 2.63. The van der Waals surface area contributed by atoms with Crippen LogP contribution in [0.2, 0.25) is 5.02 Å². The van der Waals surface area contributed by atoms with Crippen molar-refractivity contribution < 1.29 is 22.8 Å². The van der Waals surface area contributed by atoms with Crippen LogP contribution < -0.4 is 10.2 Å². The molecule has 174 valence electrons. The number of halogens is 4. The zero-order chi connectivity index (χ0) is 23.9. The Bertz CT molecular complexity index is 1260. The fourth-order valence-electron chi connectivity index (χ4n) is 3.86. The van der Waals surface area contributed by atoms with Crippen LogP contribution in [0.3, 0.4) is 0 Å². The zero-order valence-electron chi connectivity index (χ0n) is 17.8. The van der Waals surface area contributed by atoms with Crippen molar-refractivity contribution in [2.24, 2.45) is 0 Å². The number of carbonyl (C=O) groups is 2. The predicted molar refractivity (Wildman–Crippen MR) is 115 cm³/mol. The van der Waals surface area contributed by atoms with Crippen LogP contribution in [0.25, 0.3) is 5.78 Å². The van der Waals surface area contributed by atoms with Gasteiger partial charge in [0.25, 0.3) is 11.6 Å². The highest BCUT2D eigenvalue weighted by molar-refractivity contribution is 6.34. The largest absolute Gasteiger partial charge is 0.453 e. The molecule has 1 saturated heterocycles. The molecule has 1 aliphatic heterocycles. The first kappa shape index (κ1) is 23.0. The van der Waals surface area contributed by atoms with Gasteiger partial charge in [0.15, 0.2) is 0 Å². The molecule has 8 nitrogen and oxygen atoms in total. The second-order valence-electron chi connectivity index (χ2n) is 7.77. The van der Waals surface area contributed by atoms with Crippen molar-refractivity contribution in [1.29, 1.82) is 0 Å². The van der Waals surface area contributed by atoms with Crippen LogP contribution in [-0.2, 0) is 22.2 Å². The first-order valence-electron chi connectivity index (χ1n) is 10.2. The van der Waals surface area contributed by atoms with E-state index in [1.54, 1.807) is 36.9 Å². The number of carbonyl (C=O) groups excluding carboxylic acids is 2. The van der Waals surface area contributed by atoms with E-state index in [1.165, 1.54) is 0 Å². The third-order valence-electron chi connectivity index (χ3n) is 5.50. The third-order valence-corrected chi connectivity index (χ3v) is 5.80. The van der Waals surface area contributed by atoms with Gasteiger partial charge in [-0.05, 0) is 50.5 Å². The molecule has 0 atom stereocenters. The van der Waals surface area contributed by atoms with Crippen molar-refractivity contribution >= 4 is 40.6 Å². The standard InChI is InChI=1S/C21H20ClF3N6O2/c1-11-14(12(2)31-20(26-11)28-19(29-31)21(23,24)25)6-8-17(32)27-13-5-7-16(15(22)10-13)30-9-3-4-18(30)33/h5,7,10H,3-4,6,8-9H2,1-2H3,(H,27,32). The number of benzene rings is 1. The van der Waals surface area contributed by atoms with E-state index in [-0.39, 0.29) is 30.4 Å². The van der Waals surface area contributed by atoms with E-state index in [1.807, 2.05) is 0 Å². The lowest BCUT2D eigenvalue weighted by Crippen LogP contribution is -2.24. The Hall–Kier alpha value is -3.21. The highest BCUT2D eigenvalue weighted by Crippen LogP contribution is 2.32. The lowest BCUT2D eigenvalue weighted by atomic mass is 10.1. The summed E-state index contributed by atoms with van der Waals surface area (Å²) in [5.74, 6) is -1.69. The molecule has 3 aromatic rings. The molecular formula is C21H20ClF3N6O2. The molecule has 12 heteroatoms. The van der Waals surface area contributed by atoms with Crippen LogP contribution in [0.15, 0.2) is 18.2 Å². The summed E-state index contributed by atoms with van der Waals surface area (Å²) in [6.45, 7) is 3.87.